The predicted molar refractivity (Wildman–Crippen MR) is 98.0 cm³/mol. The lowest BCUT2D eigenvalue weighted by Crippen LogP contribution is -2.32. The van der Waals surface area contributed by atoms with Crippen molar-refractivity contribution in [3.8, 4) is 5.75 Å². The molecule has 0 bridgehead atoms. The standard InChI is InChI=1S/C20H19N3O3/c24-20(25)17(11-15-7-3-1-4-8-15)23-19-18(12-21-14-22-19)26-13-16-9-5-2-6-10-16/h1-10,12,14,17H,11,13H2,(H,24,25)(H,21,22,23). The molecular formula is C20H19N3O3. The first-order valence-corrected chi connectivity index (χ1v) is 8.22. The molecule has 3 aromatic rings. The number of hydrogen-bond donors (Lipinski definition) is 2. The lowest BCUT2D eigenvalue weighted by atomic mass is 10.1. The summed E-state index contributed by atoms with van der Waals surface area (Å²) in [6, 6.07) is 18.3. The molecule has 0 spiro atoms. The maximum Gasteiger partial charge on any atom is 0.326 e. The number of carboxylic acids is 1. The summed E-state index contributed by atoms with van der Waals surface area (Å²) in [4.78, 5) is 19.8. The molecule has 0 aliphatic rings. The monoisotopic (exact) mass is 349 g/mol. The maximum absolute atomic E-state index is 11.7. The van der Waals surface area contributed by atoms with E-state index >= 15 is 0 Å². The Bertz CT molecular complexity index is 841. The summed E-state index contributed by atoms with van der Waals surface area (Å²) in [7, 11) is 0. The Morgan fingerprint density at radius 2 is 1.69 bits per heavy atom. The number of anilines is 1. The molecule has 0 aliphatic heterocycles. The minimum absolute atomic E-state index is 0.332. The molecule has 6 heteroatoms. The van der Waals surface area contributed by atoms with Gasteiger partial charge in [-0.2, -0.15) is 0 Å². The summed E-state index contributed by atoms with van der Waals surface area (Å²) in [6.45, 7) is 0.347. The molecule has 132 valence electrons. The number of aliphatic carboxylic acids is 1. The van der Waals surface area contributed by atoms with E-state index in [0.29, 0.717) is 24.6 Å². The minimum atomic E-state index is -0.957. The molecule has 3 rings (SSSR count). The fourth-order valence-electron chi connectivity index (χ4n) is 2.48. The molecule has 6 nitrogen and oxygen atoms in total. The van der Waals surface area contributed by atoms with Crippen molar-refractivity contribution in [3.63, 3.8) is 0 Å². The van der Waals surface area contributed by atoms with Crippen molar-refractivity contribution in [2.45, 2.75) is 19.1 Å². The van der Waals surface area contributed by atoms with E-state index in [0.717, 1.165) is 11.1 Å². The van der Waals surface area contributed by atoms with Gasteiger partial charge in [0.05, 0.1) is 6.20 Å². The normalized spacial score (nSPS) is 11.5. The van der Waals surface area contributed by atoms with Crippen LogP contribution in [0.4, 0.5) is 5.82 Å². The Kier molecular flexibility index (Phi) is 5.77. The van der Waals surface area contributed by atoms with Crippen molar-refractivity contribution < 1.29 is 14.6 Å². The molecule has 2 N–H and O–H groups in total. The van der Waals surface area contributed by atoms with E-state index in [4.69, 9.17) is 4.74 Å². The van der Waals surface area contributed by atoms with Crippen LogP contribution in [-0.4, -0.2) is 27.1 Å². The molecule has 0 fully saturated rings. The molecule has 0 saturated heterocycles. The molecule has 1 heterocycles. The third-order valence-corrected chi connectivity index (χ3v) is 3.81. The first kappa shape index (κ1) is 17.4. The highest BCUT2D eigenvalue weighted by atomic mass is 16.5. The summed E-state index contributed by atoms with van der Waals surface area (Å²) in [6.07, 6.45) is 3.22. The largest absolute Gasteiger partial charge is 0.483 e. The van der Waals surface area contributed by atoms with Gasteiger partial charge in [0.2, 0.25) is 0 Å². The molecule has 26 heavy (non-hydrogen) atoms. The van der Waals surface area contributed by atoms with Crippen LogP contribution < -0.4 is 10.1 Å². The van der Waals surface area contributed by atoms with Crippen LogP contribution >= 0.6 is 0 Å². The second-order valence-electron chi connectivity index (χ2n) is 5.73. The van der Waals surface area contributed by atoms with Crippen molar-refractivity contribution in [3.05, 3.63) is 84.3 Å². The van der Waals surface area contributed by atoms with Crippen molar-refractivity contribution in [1.82, 2.24) is 9.97 Å². The second kappa shape index (κ2) is 8.62. The fraction of sp³-hybridized carbons (Fsp3) is 0.150. The van der Waals surface area contributed by atoms with Gasteiger partial charge in [-0.1, -0.05) is 60.7 Å². The summed E-state index contributed by atoms with van der Waals surface area (Å²) in [5.74, 6) is -0.184. The summed E-state index contributed by atoms with van der Waals surface area (Å²) < 4.78 is 5.77. The van der Waals surface area contributed by atoms with Gasteiger partial charge in [-0.15, -0.1) is 0 Å². The number of ether oxygens (including phenoxy) is 1. The molecule has 0 amide bonds. The Morgan fingerprint density at radius 3 is 2.35 bits per heavy atom. The highest BCUT2D eigenvalue weighted by Crippen LogP contribution is 2.22. The van der Waals surface area contributed by atoms with Crippen LogP contribution in [0.2, 0.25) is 0 Å². The van der Waals surface area contributed by atoms with Gasteiger partial charge in [0.1, 0.15) is 19.0 Å². The number of nitrogens with zero attached hydrogens (tertiary/aromatic N) is 2. The summed E-state index contributed by atoms with van der Waals surface area (Å²) in [5, 5.41) is 12.5. The van der Waals surface area contributed by atoms with E-state index in [9.17, 15) is 9.90 Å². The van der Waals surface area contributed by atoms with E-state index < -0.39 is 12.0 Å². The fourth-order valence-corrected chi connectivity index (χ4v) is 2.48. The molecular weight excluding hydrogens is 330 g/mol. The first-order chi connectivity index (χ1) is 12.7. The maximum atomic E-state index is 11.7. The van der Waals surface area contributed by atoms with Crippen LogP contribution in [0.15, 0.2) is 73.2 Å². The zero-order chi connectivity index (χ0) is 18.2. The second-order valence-corrected chi connectivity index (χ2v) is 5.73. The van der Waals surface area contributed by atoms with Crippen LogP contribution in [0.1, 0.15) is 11.1 Å². The third kappa shape index (κ3) is 4.80. The number of benzene rings is 2. The third-order valence-electron chi connectivity index (χ3n) is 3.81. The summed E-state index contributed by atoms with van der Waals surface area (Å²) in [5.41, 5.74) is 1.93. The van der Waals surface area contributed by atoms with E-state index in [1.165, 1.54) is 12.5 Å². The number of rotatable bonds is 8. The van der Waals surface area contributed by atoms with Crippen LogP contribution in [-0.2, 0) is 17.8 Å². The topological polar surface area (TPSA) is 84.3 Å². The van der Waals surface area contributed by atoms with Gasteiger partial charge in [-0.25, -0.2) is 14.8 Å². The van der Waals surface area contributed by atoms with Crippen LogP contribution in [0.5, 0.6) is 5.75 Å². The van der Waals surface area contributed by atoms with E-state index in [-0.39, 0.29) is 0 Å². The first-order valence-electron chi connectivity index (χ1n) is 8.22. The average Bonchev–Trinajstić information content (AvgIpc) is 2.68. The minimum Gasteiger partial charge on any atom is -0.483 e. The molecule has 0 radical (unpaired) electrons. The average molecular weight is 349 g/mol. The van der Waals surface area contributed by atoms with Gasteiger partial charge >= 0.3 is 5.97 Å². The molecule has 1 atom stereocenters. The van der Waals surface area contributed by atoms with Crippen LogP contribution in [0.3, 0.4) is 0 Å². The number of carbonyl (C=O) groups is 1. The highest BCUT2D eigenvalue weighted by Gasteiger charge is 2.20. The van der Waals surface area contributed by atoms with E-state index in [1.54, 1.807) is 0 Å². The Morgan fingerprint density at radius 1 is 1.04 bits per heavy atom. The van der Waals surface area contributed by atoms with Crippen LogP contribution in [0, 0.1) is 0 Å². The van der Waals surface area contributed by atoms with E-state index in [2.05, 4.69) is 15.3 Å². The summed E-state index contributed by atoms with van der Waals surface area (Å²) >= 11 is 0. The van der Waals surface area contributed by atoms with E-state index in [1.807, 2.05) is 60.7 Å². The Labute approximate surface area is 151 Å². The smallest absolute Gasteiger partial charge is 0.326 e. The quantitative estimate of drug-likeness (QED) is 0.650. The van der Waals surface area contributed by atoms with Crippen molar-refractivity contribution >= 4 is 11.8 Å². The van der Waals surface area contributed by atoms with Gasteiger partial charge in [-0.05, 0) is 11.1 Å². The highest BCUT2D eigenvalue weighted by molar-refractivity contribution is 5.78. The molecule has 1 aromatic heterocycles. The predicted octanol–water partition coefficient (Wildman–Crippen LogP) is 3.16. The van der Waals surface area contributed by atoms with Gasteiger partial charge in [-0.3, -0.25) is 0 Å². The number of carboxylic acid groups (broad SMARTS) is 1. The van der Waals surface area contributed by atoms with Crippen LogP contribution in [0.25, 0.3) is 0 Å². The Balaban J connectivity index is 1.72. The zero-order valence-electron chi connectivity index (χ0n) is 14.1. The molecule has 0 saturated carbocycles. The van der Waals surface area contributed by atoms with Gasteiger partial charge in [0, 0.05) is 6.42 Å². The zero-order valence-corrected chi connectivity index (χ0v) is 14.1. The van der Waals surface area contributed by atoms with Crippen molar-refractivity contribution in [1.29, 1.82) is 0 Å². The van der Waals surface area contributed by atoms with Gasteiger partial charge < -0.3 is 15.2 Å². The van der Waals surface area contributed by atoms with Gasteiger partial charge in [0.25, 0.3) is 0 Å². The number of nitrogens with one attached hydrogen (secondary N) is 1. The molecule has 2 aromatic carbocycles. The van der Waals surface area contributed by atoms with Crippen molar-refractivity contribution in [2.24, 2.45) is 0 Å². The molecule has 1 unspecified atom stereocenters. The lowest BCUT2D eigenvalue weighted by molar-refractivity contribution is -0.137. The SMILES string of the molecule is O=C(O)C(Cc1ccccc1)Nc1ncncc1OCc1ccccc1. The number of aromatic nitrogens is 2. The van der Waals surface area contributed by atoms with Gasteiger partial charge in [0.15, 0.2) is 11.6 Å². The van der Waals surface area contributed by atoms with Crippen molar-refractivity contribution in [2.75, 3.05) is 5.32 Å². The number of hydrogen-bond acceptors (Lipinski definition) is 5. The Hall–Kier alpha value is -3.41. The molecule has 0 aliphatic carbocycles. The lowest BCUT2D eigenvalue weighted by Gasteiger charge is -2.17.